The molecule has 4 rings (SSSR count). The summed E-state index contributed by atoms with van der Waals surface area (Å²) >= 11 is 2.39. The third kappa shape index (κ3) is 3.48. The van der Waals surface area contributed by atoms with Crippen molar-refractivity contribution in [2.45, 2.75) is 11.7 Å². The summed E-state index contributed by atoms with van der Waals surface area (Å²) in [5, 5.41) is 14.1. The molecule has 0 spiro atoms. The number of amides is 2. The zero-order valence-corrected chi connectivity index (χ0v) is 17.2. The van der Waals surface area contributed by atoms with Crippen LogP contribution in [0.25, 0.3) is 16.7 Å². The summed E-state index contributed by atoms with van der Waals surface area (Å²) < 4.78 is 3.23. The number of aromatic nitrogens is 4. The van der Waals surface area contributed by atoms with E-state index in [9.17, 15) is 14.4 Å². The van der Waals surface area contributed by atoms with E-state index in [-0.39, 0.29) is 29.3 Å². The number of nitrogens with zero attached hydrogens (tertiary/aromatic N) is 4. The molecule has 0 saturated heterocycles. The molecule has 11 heteroatoms. The lowest BCUT2D eigenvalue weighted by Gasteiger charge is -2.09. The summed E-state index contributed by atoms with van der Waals surface area (Å²) in [6, 6.07) is 8.71. The van der Waals surface area contributed by atoms with E-state index in [1.807, 2.05) is 6.07 Å². The number of nitrogens with two attached hydrogens (primary N) is 1. The molecule has 0 aliphatic heterocycles. The van der Waals surface area contributed by atoms with Gasteiger partial charge in [-0.25, -0.2) is 0 Å². The highest BCUT2D eigenvalue weighted by Crippen LogP contribution is 2.25. The van der Waals surface area contributed by atoms with Crippen LogP contribution in [0.4, 0.5) is 5.00 Å². The van der Waals surface area contributed by atoms with E-state index < -0.39 is 5.91 Å². The predicted octanol–water partition coefficient (Wildman–Crippen LogP) is 2.12. The molecule has 4 aromatic rings. The standard InChI is InChI=1S/C19H16N6O3S2/c1-2-8-24-17(28)11-5-3-4-6-13(11)25-18(24)22-23-19(25)30-10-14(26)21-16-12(15(20)27)7-9-29-16/h2-7,9H,1,8,10H2,(H2,20,27)(H,21,26). The number of fused-ring (bicyclic) bond motifs is 3. The van der Waals surface area contributed by atoms with Crippen LogP contribution in [0.2, 0.25) is 0 Å². The zero-order valence-electron chi connectivity index (χ0n) is 15.6. The largest absolute Gasteiger partial charge is 0.366 e. The fourth-order valence-corrected chi connectivity index (χ4v) is 4.56. The van der Waals surface area contributed by atoms with E-state index in [2.05, 4.69) is 22.1 Å². The van der Waals surface area contributed by atoms with Crippen LogP contribution in [0.15, 0.2) is 58.3 Å². The van der Waals surface area contributed by atoms with Gasteiger partial charge in [0.25, 0.3) is 11.5 Å². The Morgan fingerprint density at radius 3 is 2.83 bits per heavy atom. The third-order valence-electron chi connectivity index (χ3n) is 4.31. The molecule has 3 N–H and O–H groups in total. The average Bonchev–Trinajstić information content (AvgIpc) is 3.36. The Morgan fingerprint density at radius 2 is 2.07 bits per heavy atom. The quantitative estimate of drug-likeness (QED) is 0.335. The van der Waals surface area contributed by atoms with Crippen LogP contribution in [0, 0.1) is 0 Å². The second-order valence-corrected chi connectivity index (χ2v) is 8.06. The molecule has 0 atom stereocenters. The smallest absolute Gasteiger partial charge is 0.263 e. The highest BCUT2D eigenvalue weighted by Gasteiger charge is 2.18. The van der Waals surface area contributed by atoms with E-state index in [1.54, 1.807) is 40.1 Å². The van der Waals surface area contributed by atoms with Gasteiger partial charge in [0.15, 0.2) is 5.16 Å². The van der Waals surface area contributed by atoms with Gasteiger partial charge in [-0.15, -0.1) is 28.1 Å². The summed E-state index contributed by atoms with van der Waals surface area (Å²) in [5.74, 6) is -0.512. The summed E-state index contributed by atoms with van der Waals surface area (Å²) in [6.45, 7) is 3.98. The molecule has 2 amide bonds. The van der Waals surface area contributed by atoms with E-state index in [4.69, 9.17) is 5.73 Å². The molecule has 9 nitrogen and oxygen atoms in total. The van der Waals surface area contributed by atoms with Crippen molar-refractivity contribution in [1.82, 2.24) is 19.2 Å². The number of para-hydroxylation sites is 1. The summed E-state index contributed by atoms with van der Waals surface area (Å²) in [6.07, 6.45) is 1.61. The third-order valence-corrected chi connectivity index (χ3v) is 6.06. The Kier molecular flexibility index (Phi) is 5.38. The van der Waals surface area contributed by atoms with Gasteiger partial charge in [0.2, 0.25) is 11.7 Å². The van der Waals surface area contributed by atoms with E-state index in [1.165, 1.54) is 27.7 Å². The minimum Gasteiger partial charge on any atom is -0.366 e. The summed E-state index contributed by atoms with van der Waals surface area (Å²) in [5.41, 5.74) is 6.04. The maximum atomic E-state index is 12.8. The van der Waals surface area contributed by atoms with Crippen LogP contribution >= 0.6 is 23.1 Å². The van der Waals surface area contributed by atoms with Gasteiger partial charge in [-0.3, -0.25) is 23.4 Å². The number of primary amides is 1. The molecule has 1 aromatic carbocycles. The van der Waals surface area contributed by atoms with Gasteiger partial charge in [0.05, 0.1) is 22.2 Å². The van der Waals surface area contributed by atoms with Crippen molar-refractivity contribution in [3.05, 3.63) is 64.3 Å². The highest BCUT2D eigenvalue weighted by molar-refractivity contribution is 7.99. The number of carbonyl (C=O) groups is 2. The predicted molar refractivity (Wildman–Crippen MR) is 117 cm³/mol. The van der Waals surface area contributed by atoms with E-state index in [0.29, 0.717) is 26.8 Å². The number of hydrogen-bond acceptors (Lipinski definition) is 7. The van der Waals surface area contributed by atoms with Crippen molar-refractivity contribution in [2.24, 2.45) is 5.73 Å². The number of benzene rings is 1. The van der Waals surface area contributed by atoms with Gasteiger partial charge in [-0.05, 0) is 23.6 Å². The van der Waals surface area contributed by atoms with Gasteiger partial charge >= 0.3 is 0 Å². The molecule has 30 heavy (non-hydrogen) atoms. The topological polar surface area (TPSA) is 124 Å². The van der Waals surface area contributed by atoms with Crippen molar-refractivity contribution in [1.29, 1.82) is 0 Å². The van der Waals surface area contributed by atoms with Crippen LogP contribution in [0.5, 0.6) is 0 Å². The van der Waals surface area contributed by atoms with Gasteiger partial charge < -0.3 is 11.1 Å². The molecular weight excluding hydrogens is 424 g/mol. The number of rotatable bonds is 7. The first-order chi connectivity index (χ1) is 14.5. The molecule has 0 aliphatic carbocycles. The fourth-order valence-electron chi connectivity index (χ4n) is 3.01. The fraction of sp³-hybridized carbons (Fsp3) is 0.105. The Balaban J connectivity index is 1.66. The van der Waals surface area contributed by atoms with Crippen LogP contribution < -0.4 is 16.6 Å². The molecule has 152 valence electrons. The molecule has 0 aliphatic rings. The first-order valence-electron chi connectivity index (χ1n) is 8.78. The normalized spacial score (nSPS) is 11.1. The van der Waals surface area contributed by atoms with Crippen LogP contribution in [-0.4, -0.2) is 36.7 Å². The number of nitrogens with one attached hydrogen (secondary N) is 1. The maximum absolute atomic E-state index is 12.8. The second-order valence-electron chi connectivity index (χ2n) is 6.20. The summed E-state index contributed by atoms with van der Waals surface area (Å²) in [7, 11) is 0. The highest BCUT2D eigenvalue weighted by atomic mass is 32.2. The van der Waals surface area contributed by atoms with Crippen molar-refractivity contribution in [3.63, 3.8) is 0 Å². The van der Waals surface area contributed by atoms with Crippen LogP contribution in [0.1, 0.15) is 10.4 Å². The lowest BCUT2D eigenvalue weighted by Crippen LogP contribution is -2.23. The number of thiophene rings is 1. The Morgan fingerprint density at radius 1 is 1.27 bits per heavy atom. The number of thioether (sulfide) groups is 1. The maximum Gasteiger partial charge on any atom is 0.263 e. The molecule has 0 radical (unpaired) electrons. The SMILES string of the molecule is C=CCn1c(=O)c2ccccc2n2c(SCC(=O)Nc3sccc3C(N)=O)nnc12. The molecule has 0 bridgehead atoms. The van der Waals surface area contributed by atoms with Gasteiger partial charge in [-0.2, -0.15) is 0 Å². The second kappa shape index (κ2) is 8.13. The van der Waals surface area contributed by atoms with Gasteiger partial charge in [0, 0.05) is 6.54 Å². The van der Waals surface area contributed by atoms with Crippen molar-refractivity contribution in [2.75, 3.05) is 11.1 Å². The van der Waals surface area contributed by atoms with Crippen molar-refractivity contribution in [3.8, 4) is 0 Å². The number of carbonyl (C=O) groups excluding carboxylic acids is 2. The Labute approximate surface area is 178 Å². The van der Waals surface area contributed by atoms with Crippen molar-refractivity contribution < 1.29 is 9.59 Å². The average molecular weight is 441 g/mol. The number of hydrogen-bond donors (Lipinski definition) is 2. The zero-order chi connectivity index (χ0) is 21.3. The number of anilines is 1. The van der Waals surface area contributed by atoms with Crippen molar-refractivity contribution >= 4 is 56.6 Å². The molecule has 0 fully saturated rings. The first kappa shape index (κ1) is 19.9. The Hall–Kier alpha value is -3.44. The Bertz CT molecular complexity index is 1350. The molecule has 0 unspecified atom stereocenters. The van der Waals surface area contributed by atoms with Crippen LogP contribution in [0.3, 0.4) is 0 Å². The van der Waals surface area contributed by atoms with Gasteiger partial charge in [0.1, 0.15) is 5.00 Å². The lowest BCUT2D eigenvalue weighted by molar-refractivity contribution is -0.113. The minimum atomic E-state index is -0.602. The molecule has 0 saturated carbocycles. The van der Waals surface area contributed by atoms with Crippen LogP contribution in [-0.2, 0) is 11.3 Å². The minimum absolute atomic E-state index is 0.0335. The monoisotopic (exact) mass is 440 g/mol. The summed E-state index contributed by atoms with van der Waals surface area (Å²) in [4.78, 5) is 36.6. The van der Waals surface area contributed by atoms with E-state index in [0.717, 1.165) is 0 Å². The first-order valence-corrected chi connectivity index (χ1v) is 10.6. The molecule has 3 aromatic heterocycles. The van der Waals surface area contributed by atoms with Gasteiger partial charge in [-0.1, -0.05) is 30.0 Å². The van der Waals surface area contributed by atoms with E-state index >= 15 is 0 Å². The lowest BCUT2D eigenvalue weighted by atomic mass is 10.2. The molecule has 3 heterocycles. The number of allylic oxidation sites excluding steroid dienone is 1. The molecular formula is C19H16N6O3S2.